The van der Waals surface area contributed by atoms with Crippen molar-refractivity contribution in [3.05, 3.63) is 29.8 Å². The molecule has 2 aliphatic heterocycles. The van der Waals surface area contributed by atoms with Crippen LogP contribution in [-0.2, 0) is 9.54 Å². The molecule has 3 aliphatic rings. The Morgan fingerprint density at radius 2 is 2.20 bits per heavy atom. The van der Waals surface area contributed by atoms with E-state index in [1.807, 2.05) is 18.2 Å². The molecular formula is C16H18N2OS. The molecule has 1 N–H and O–H groups in total. The van der Waals surface area contributed by atoms with E-state index in [1.165, 1.54) is 24.1 Å². The lowest BCUT2D eigenvalue weighted by molar-refractivity contribution is -0.118. The minimum Gasteiger partial charge on any atom is -0.324 e. The number of nitrogens with zero attached hydrogens (tertiary/aromatic N) is 1. The van der Waals surface area contributed by atoms with E-state index in [1.54, 1.807) is 11.8 Å². The van der Waals surface area contributed by atoms with Crippen molar-refractivity contribution in [3.63, 3.8) is 0 Å². The Hall–Kier alpha value is -1.29. The number of anilines is 1. The maximum atomic E-state index is 12.8. The number of hydrogen-bond acceptors (Lipinski definition) is 3. The molecule has 0 saturated heterocycles. The Morgan fingerprint density at radius 3 is 3.15 bits per heavy atom. The van der Waals surface area contributed by atoms with Gasteiger partial charge in [-0.15, -0.1) is 11.8 Å². The molecule has 1 aliphatic carbocycles. The summed E-state index contributed by atoms with van der Waals surface area (Å²) in [5.74, 6) is 1.39. The highest BCUT2D eigenvalue weighted by Gasteiger charge is 2.54. The third-order valence-electron chi connectivity index (χ3n) is 4.72. The molecule has 4 heteroatoms. The van der Waals surface area contributed by atoms with E-state index in [9.17, 15) is 4.79 Å². The molecule has 1 aromatic carbocycles. The van der Waals surface area contributed by atoms with Crippen molar-refractivity contribution >= 4 is 29.1 Å². The summed E-state index contributed by atoms with van der Waals surface area (Å²) in [5, 5.41) is 3.10. The highest BCUT2D eigenvalue weighted by Crippen LogP contribution is 2.54. The van der Waals surface area contributed by atoms with Gasteiger partial charge in [-0.2, -0.15) is 0 Å². The Kier molecular flexibility index (Phi) is 2.88. The van der Waals surface area contributed by atoms with Gasteiger partial charge >= 0.3 is 0 Å². The quantitative estimate of drug-likeness (QED) is 0.795. The number of carbonyl (C=O) groups excluding carboxylic acids is 1. The van der Waals surface area contributed by atoms with E-state index in [2.05, 4.69) is 11.4 Å². The standard InChI is InChI=1S/C16H18N2OS/c19-15-16(12-6-2-4-8-14(12)18-15)11-5-1-3-7-13(11)17-9-10-20-16/h2,4,6,8,11H,1,3,5,7,9-10H2,(H,18,19). The molecule has 104 valence electrons. The van der Waals surface area contributed by atoms with Crippen LogP contribution < -0.4 is 5.32 Å². The second-order valence-corrected chi connectivity index (χ2v) is 7.10. The van der Waals surface area contributed by atoms with Gasteiger partial charge < -0.3 is 5.32 Å². The van der Waals surface area contributed by atoms with Crippen LogP contribution in [0.15, 0.2) is 29.3 Å². The second kappa shape index (κ2) is 4.62. The fourth-order valence-electron chi connectivity index (χ4n) is 3.86. The number of fused-ring (bicyclic) bond motifs is 4. The van der Waals surface area contributed by atoms with Crippen molar-refractivity contribution in [2.24, 2.45) is 10.9 Å². The minimum absolute atomic E-state index is 0.171. The normalized spacial score (nSPS) is 32.1. The van der Waals surface area contributed by atoms with E-state index in [0.717, 1.165) is 30.8 Å². The van der Waals surface area contributed by atoms with E-state index in [-0.39, 0.29) is 11.8 Å². The molecule has 3 nitrogen and oxygen atoms in total. The maximum absolute atomic E-state index is 12.8. The van der Waals surface area contributed by atoms with Crippen LogP contribution in [-0.4, -0.2) is 23.9 Å². The first-order valence-electron chi connectivity index (χ1n) is 7.40. The highest BCUT2D eigenvalue weighted by atomic mass is 32.2. The number of thioether (sulfide) groups is 1. The molecule has 4 rings (SSSR count). The largest absolute Gasteiger partial charge is 0.324 e. The van der Waals surface area contributed by atoms with Crippen LogP contribution in [0.25, 0.3) is 0 Å². The molecular weight excluding hydrogens is 268 g/mol. The highest BCUT2D eigenvalue weighted by molar-refractivity contribution is 8.01. The zero-order valence-corrected chi connectivity index (χ0v) is 12.2. The number of benzene rings is 1. The van der Waals surface area contributed by atoms with Gasteiger partial charge in [0, 0.05) is 35.2 Å². The predicted molar refractivity (Wildman–Crippen MR) is 83.5 cm³/mol. The Labute approximate surface area is 123 Å². The van der Waals surface area contributed by atoms with E-state index in [0.29, 0.717) is 0 Å². The summed E-state index contributed by atoms with van der Waals surface area (Å²) >= 11 is 1.80. The number of para-hydroxylation sites is 1. The van der Waals surface area contributed by atoms with Crippen LogP contribution in [0.5, 0.6) is 0 Å². The van der Waals surface area contributed by atoms with Gasteiger partial charge in [-0.1, -0.05) is 24.6 Å². The summed E-state index contributed by atoms with van der Waals surface area (Å²) in [6.45, 7) is 0.855. The van der Waals surface area contributed by atoms with Gasteiger partial charge in [0.2, 0.25) is 5.91 Å². The van der Waals surface area contributed by atoms with Gasteiger partial charge in [0.15, 0.2) is 0 Å². The fraction of sp³-hybridized carbons (Fsp3) is 0.500. The molecule has 0 aromatic heterocycles. The van der Waals surface area contributed by atoms with Crippen molar-refractivity contribution < 1.29 is 4.79 Å². The van der Waals surface area contributed by atoms with Crippen LogP contribution in [0.2, 0.25) is 0 Å². The Morgan fingerprint density at radius 1 is 1.30 bits per heavy atom. The topological polar surface area (TPSA) is 41.5 Å². The van der Waals surface area contributed by atoms with Crippen LogP contribution in [0.1, 0.15) is 31.2 Å². The number of aliphatic imine (C=N–C) groups is 1. The molecule has 1 saturated carbocycles. The zero-order valence-electron chi connectivity index (χ0n) is 11.4. The van der Waals surface area contributed by atoms with Crippen LogP contribution in [0, 0.1) is 5.92 Å². The summed E-state index contributed by atoms with van der Waals surface area (Å²) in [6, 6.07) is 8.19. The first-order valence-corrected chi connectivity index (χ1v) is 8.39. The maximum Gasteiger partial charge on any atom is 0.245 e. The summed E-state index contributed by atoms with van der Waals surface area (Å²) in [5.41, 5.74) is 3.46. The van der Waals surface area contributed by atoms with E-state index >= 15 is 0 Å². The van der Waals surface area contributed by atoms with Gasteiger partial charge in [-0.3, -0.25) is 9.79 Å². The number of rotatable bonds is 0. The van der Waals surface area contributed by atoms with Crippen molar-refractivity contribution in [2.45, 2.75) is 30.4 Å². The average molecular weight is 286 g/mol. The molecule has 2 heterocycles. The Bertz CT molecular complexity index is 598. The van der Waals surface area contributed by atoms with Gasteiger partial charge in [-0.25, -0.2) is 0 Å². The molecule has 0 radical (unpaired) electrons. The fourth-order valence-corrected chi connectivity index (χ4v) is 5.34. The molecule has 20 heavy (non-hydrogen) atoms. The van der Waals surface area contributed by atoms with Gasteiger partial charge in [0.1, 0.15) is 4.75 Å². The average Bonchev–Trinajstić information content (AvgIpc) is 2.65. The molecule has 2 atom stereocenters. The summed E-state index contributed by atoms with van der Waals surface area (Å²) in [7, 11) is 0. The SMILES string of the molecule is O=C1Nc2ccccc2C12SCCN=C1CCCCC12. The molecule has 0 bridgehead atoms. The van der Waals surface area contributed by atoms with Gasteiger partial charge in [-0.05, 0) is 25.3 Å². The van der Waals surface area contributed by atoms with Crippen LogP contribution in [0.4, 0.5) is 5.69 Å². The van der Waals surface area contributed by atoms with Crippen molar-refractivity contribution in [3.8, 4) is 0 Å². The number of amides is 1. The second-order valence-electron chi connectivity index (χ2n) is 5.76. The molecule has 1 aromatic rings. The molecule has 1 amide bonds. The lowest BCUT2D eigenvalue weighted by atomic mass is 9.75. The Balaban J connectivity index is 1.89. The lowest BCUT2D eigenvalue weighted by Crippen LogP contribution is -2.43. The number of hydrogen-bond donors (Lipinski definition) is 1. The van der Waals surface area contributed by atoms with Gasteiger partial charge in [0.05, 0.1) is 0 Å². The van der Waals surface area contributed by atoms with Crippen molar-refractivity contribution in [1.29, 1.82) is 0 Å². The predicted octanol–water partition coefficient (Wildman–Crippen LogP) is 3.21. The van der Waals surface area contributed by atoms with Crippen LogP contribution >= 0.6 is 11.8 Å². The molecule has 1 spiro atoms. The zero-order chi connectivity index (χ0) is 13.6. The summed E-state index contributed by atoms with van der Waals surface area (Å²) in [6.07, 6.45) is 4.59. The van der Waals surface area contributed by atoms with E-state index in [4.69, 9.17) is 4.99 Å². The first kappa shape index (κ1) is 12.5. The third kappa shape index (κ3) is 1.60. The minimum atomic E-state index is -0.424. The first-order chi connectivity index (χ1) is 9.82. The monoisotopic (exact) mass is 286 g/mol. The van der Waals surface area contributed by atoms with Crippen molar-refractivity contribution in [2.75, 3.05) is 17.6 Å². The summed E-state index contributed by atoms with van der Waals surface area (Å²) < 4.78 is -0.424. The molecule has 2 unspecified atom stereocenters. The molecule has 1 fully saturated rings. The van der Waals surface area contributed by atoms with E-state index < -0.39 is 4.75 Å². The lowest BCUT2D eigenvalue weighted by Gasteiger charge is -2.37. The number of nitrogens with one attached hydrogen (secondary N) is 1. The van der Waals surface area contributed by atoms with Crippen molar-refractivity contribution in [1.82, 2.24) is 0 Å². The van der Waals surface area contributed by atoms with Gasteiger partial charge in [0.25, 0.3) is 0 Å². The van der Waals surface area contributed by atoms with Crippen LogP contribution in [0.3, 0.4) is 0 Å². The third-order valence-corrected chi connectivity index (χ3v) is 6.25. The summed E-state index contributed by atoms with van der Waals surface area (Å²) in [4.78, 5) is 17.6. The number of carbonyl (C=O) groups is 1. The smallest absolute Gasteiger partial charge is 0.245 e.